The molecule has 0 amide bonds. The molecule has 0 saturated carbocycles. The number of ether oxygens (including phenoxy) is 2. The Kier molecular flexibility index (Phi) is 10.0. The highest BCUT2D eigenvalue weighted by molar-refractivity contribution is 5.79. The molecule has 1 aromatic rings. The van der Waals surface area contributed by atoms with Crippen LogP contribution < -0.4 is 15.4 Å². The molecule has 0 aliphatic carbocycles. The summed E-state index contributed by atoms with van der Waals surface area (Å²) in [5.41, 5.74) is 1.15. The highest BCUT2D eigenvalue weighted by Crippen LogP contribution is 2.14. The lowest BCUT2D eigenvalue weighted by atomic mass is 10.1. The summed E-state index contributed by atoms with van der Waals surface area (Å²) in [5, 5.41) is 6.70. The zero-order valence-corrected chi connectivity index (χ0v) is 17.2. The molecule has 2 N–H and O–H groups in total. The summed E-state index contributed by atoms with van der Waals surface area (Å²) in [6, 6.07) is 8.23. The maximum Gasteiger partial charge on any atom is 0.191 e. The molecule has 2 rings (SSSR count). The second kappa shape index (κ2) is 12.6. The molecule has 1 aliphatic heterocycles. The lowest BCUT2D eigenvalue weighted by Gasteiger charge is -2.26. The van der Waals surface area contributed by atoms with Gasteiger partial charge in [0.2, 0.25) is 0 Å². The van der Waals surface area contributed by atoms with Crippen LogP contribution >= 0.6 is 0 Å². The van der Waals surface area contributed by atoms with Crippen LogP contribution in [0.25, 0.3) is 0 Å². The summed E-state index contributed by atoms with van der Waals surface area (Å²) in [4.78, 5) is 7.07. The molecule has 1 aliphatic rings. The van der Waals surface area contributed by atoms with E-state index in [-0.39, 0.29) is 0 Å². The van der Waals surface area contributed by atoms with Crippen LogP contribution in [0.15, 0.2) is 29.3 Å². The zero-order chi connectivity index (χ0) is 19.3. The summed E-state index contributed by atoms with van der Waals surface area (Å²) in [6.07, 6.45) is 1.14. The number of hydrogen-bond donors (Lipinski definition) is 2. The Morgan fingerprint density at radius 1 is 1.26 bits per heavy atom. The number of guanidine groups is 1. The molecule has 0 bridgehead atoms. The first kappa shape index (κ1) is 21.5. The van der Waals surface area contributed by atoms with Gasteiger partial charge in [-0.15, -0.1) is 0 Å². The van der Waals surface area contributed by atoms with Crippen LogP contribution in [0.1, 0.15) is 32.8 Å². The molecule has 0 radical (unpaired) electrons. The van der Waals surface area contributed by atoms with Crippen LogP contribution in [-0.2, 0) is 11.3 Å². The van der Waals surface area contributed by atoms with Gasteiger partial charge in [-0.05, 0) is 37.0 Å². The highest BCUT2D eigenvalue weighted by atomic mass is 16.5. The molecule has 0 atom stereocenters. The Morgan fingerprint density at radius 3 is 2.81 bits per heavy atom. The van der Waals surface area contributed by atoms with Crippen LogP contribution in [0.2, 0.25) is 0 Å². The van der Waals surface area contributed by atoms with Gasteiger partial charge in [-0.25, -0.2) is 4.99 Å². The van der Waals surface area contributed by atoms with Gasteiger partial charge in [0.25, 0.3) is 0 Å². The molecule has 152 valence electrons. The lowest BCUT2D eigenvalue weighted by Crippen LogP contribution is -2.38. The van der Waals surface area contributed by atoms with E-state index in [1.54, 1.807) is 0 Å². The van der Waals surface area contributed by atoms with Gasteiger partial charge in [-0.3, -0.25) is 4.90 Å². The maximum atomic E-state index is 5.93. The Hall–Kier alpha value is -1.79. The smallest absolute Gasteiger partial charge is 0.191 e. The van der Waals surface area contributed by atoms with Crippen molar-refractivity contribution in [2.75, 3.05) is 52.5 Å². The maximum absolute atomic E-state index is 5.93. The number of benzene rings is 1. The molecular formula is C21H36N4O2. The number of hydrogen-bond acceptors (Lipinski definition) is 4. The molecule has 6 heteroatoms. The van der Waals surface area contributed by atoms with Gasteiger partial charge in [0.1, 0.15) is 12.4 Å². The molecule has 1 fully saturated rings. The Morgan fingerprint density at radius 2 is 2.07 bits per heavy atom. The average Bonchev–Trinajstić information content (AvgIpc) is 2.67. The molecule has 1 saturated heterocycles. The van der Waals surface area contributed by atoms with Crippen molar-refractivity contribution < 1.29 is 9.47 Å². The van der Waals surface area contributed by atoms with E-state index in [1.807, 2.05) is 12.1 Å². The minimum absolute atomic E-state index is 0.637. The molecule has 1 heterocycles. The largest absolute Gasteiger partial charge is 0.492 e. The molecule has 6 nitrogen and oxygen atoms in total. The number of nitrogens with one attached hydrogen (secondary N) is 2. The Labute approximate surface area is 164 Å². The third kappa shape index (κ3) is 9.11. The van der Waals surface area contributed by atoms with Gasteiger partial charge < -0.3 is 20.1 Å². The average molecular weight is 377 g/mol. The zero-order valence-electron chi connectivity index (χ0n) is 17.2. The van der Waals surface area contributed by atoms with E-state index in [0.717, 1.165) is 69.6 Å². The van der Waals surface area contributed by atoms with E-state index in [0.29, 0.717) is 19.1 Å². The van der Waals surface area contributed by atoms with Gasteiger partial charge in [0, 0.05) is 32.7 Å². The molecule has 0 spiro atoms. The van der Waals surface area contributed by atoms with Crippen molar-refractivity contribution in [1.29, 1.82) is 0 Å². The van der Waals surface area contributed by atoms with E-state index in [1.165, 1.54) is 0 Å². The monoisotopic (exact) mass is 376 g/mol. The minimum Gasteiger partial charge on any atom is -0.492 e. The van der Waals surface area contributed by atoms with Gasteiger partial charge >= 0.3 is 0 Å². The number of rotatable bonds is 10. The van der Waals surface area contributed by atoms with E-state index in [2.05, 4.69) is 48.4 Å². The van der Waals surface area contributed by atoms with E-state index < -0.39 is 0 Å². The van der Waals surface area contributed by atoms with Gasteiger partial charge in [0.05, 0.1) is 19.8 Å². The quantitative estimate of drug-likeness (QED) is 0.485. The van der Waals surface area contributed by atoms with Gasteiger partial charge in [-0.2, -0.15) is 0 Å². The van der Waals surface area contributed by atoms with Crippen LogP contribution in [0.4, 0.5) is 0 Å². The molecular weight excluding hydrogens is 340 g/mol. The molecule has 27 heavy (non-hydrogen) atoms. The lowest BCUT2D eigenvalue weighted by molar-refractivity contribution is 0.0322. The third-order valence-corrected chi connectivity index (χ3v) is 4.46. The van der Waals surface area contributed by atoms with Crippen molar-refractivity contribution in [2.24, 2.45) is 10.9 Å². The third-order valence-electron chi connectivity index (χ3n) is 4.46. The first-order valence-corrected chi connectivity index (χ1v) is 10.2. The molecule has 0 unspecified atom stereocenters. The van der Waals surface area contributed by atoms with Crippen LogP contribution in [0.3, 0.4) is 0 Å². The van der Waals surface area contributed by atoms with Crippen LogP contribution in [0.5, 0.6) is 5.75 Å². The van der Waals surface area contributed by atoms with E-state index in [4.69, 9.17) is 14.5 Å². The number of nitrogens with zero attached hydrogens (tertiary/aromatic N) is 2. The topological polar surface area (TPSA) is 58.1 Å². The number of aliphatic imine (C=N–C) groups is 1. The summed E-state index contributed by atoms with van der Waals surface area (Å²) in [5.74, 6) is 2.47. The standard InChI is InChI=1S/C21H36N4O2/c1-4-22-21(23-9-8-18(2)3)24-17-19-6-5-7-20(16-19)27-15-12-25-10-13-26-14-11-25/h5-7,16,18H,4,8-15,17H2,1-3H3,(H2,22,23,24). The fourth-order valence-corrected chi connectivity index (χ4v) is 2.84. The second-order valence-corrected chi connectivity index (χ2v) is 7.25. The first-order valence-electron chi connectivity index (χ1n) is 10.2. The van der Waals surface area contributed by atoms with Crippen molar-refractivity contribution in [3.63, 3.8) is 0 Å². The molecule has 1 aromatic carbocycles. The van der Waals surface area contributed by atoms with Crippen molar-refractivity contribution >= 4 is 5.96 Å². The van der Waals surface area contributed by atoms with E-state index in [9.17, 15) is 0 Å². The van der Waals surface area contributed by atoms with Crippen molar-refractivity contribution in [1.82, 2.24) is 15.5 Å². The summed E-state index contributed by atoms with van der Waals surface area (Å²) >= 11 is 0. The second-order valence-electron chi connectivity index (χ2n) is 7.25. The first-order chi connectivity index (χ1) is 13.2. The van der Waals surface area contributed by atoms with Crippen molar-refractivity contribution in [3.05, 3.63) is 29.8 Å². The summed E-state index contributed by atoms with van der Waals surface area (Å²) < 4.78 is 11.3. The van der Waals surface area contributed by atoms with Crippen LogP contribution in [-0.4, -0.2) is 63.4 Å². The summed E-state index contributed by atoms with van der Waals surface area (Å²) in [7, 11) is 0. The molecule has 0 aromatic heterocycles. The fraction of sp³-hybridized carbons (Fsp3) is 0.667. The van der Waals surface area contributed by atoms with E-state index >= 15 is 0 Å². The fourth-order valence-electron chi connectivity index (χ4n) is 2.84. The Balaban J connectivity index is 1.79. The SMILES string of the molecule is CCNC(=NCc1cccc(OCCN2CCOCC2)c1)NCCC(C)C. The van der Waals surface area contributed by atoms with Gasteiger partial charge in [0.15, 0.2) is 5.96 Å². The Bertz CT molecular complexity index is 557. The predicted molar refractivity (Wildman–Crippen MR) is 111 cm³/mol. The van der Waals surface area contributed by atoms with Crippen LogP contribution in [0, 0.1) is 5.92 Å². The minimum atomic E-state index is 0.637. The number of morpholine rings is 1. The van der Waals surface area contributed by atoms with Gasteiger partial charge in [-0.1, -0.05) is 26.0 Å². The van der Waals surface area contributed by atoms with Crippen molar-refractivity contribution in [3.8, 4) is 5.75 Å². The summed E-state index contributed by atoms with van der Waals surface area (Å²) in [6.45, 7) is 14.3. The van der Waals surface area contributed by atoms with Crippen molar-refractivity contribution in [2.45, 2.75) is 33.7 Å². The normalized spacial score (nSPS) is 15.8. The predicted octanol–water partition coefficient (Wildman–Crippen LogP) is 2.50. The highest BCUT2D eigenvalue weighted by Gasteiger charge is 2.09.